The Bertz CT molecular complexity index is 1300. The fourth-order valence-corrected chi connectivity index (χ4v) is 6.84. The summed E-state index contributed by atoms with van der Waals surface area (Å²) >= 11 is 0. The number of hydrogen-bond acceptors (Lipinski definition) is 4. The van der Waals surface area contributed by atoms with Crippen LogP contribution in [0.3, 0.4) is 0 Å². The summed E-state index contributed by atoms with van der Waals surface area (Å²) in [6, 6.07) is 26.8. The Kier molecular flexibility index (Phi) is 7.03. The summed E-state index contributed by atoms with van der Waals surface area (Å²) in [5.74, 6) is 6.47. The van der Waals surface area contributed by atoms with Crippen LogP contribution in [0.5, 0.6) is 0 Å². The number of rotatable bonds is 4. The van der Waals surface area contributed by atoms with Crippen molar-refractivity contribution in [3.05, 3.63) is 102 Å². The van der Waals surface area contributed by atoms with Crippen molar-refractivity contribution in [3.63, 3.8) is 0 Å². The minimum absolute atomic E-state index is 0.000585. The van der Waals surface area contributed by atoms with Crippen molar-refractivity contribution < 1.29 is 13.5 Å². The highest BCUT2D eigenvalue weighted by Crippen LogP contribution is 2.42. The first-order valence-electron chi connectivity index (χ1n) is 12.2. The van der Waals surface area contributed by atoms with E-state index >= 15 is 0 Å². The van der Waals surface area contributed by atoms with Crippen LogP contribution in [0.4, 0.5) is 0 Å². The monoisotopic (exact) mass is 486 g/mol. The van der Waals surface area contributed by atoms with Crippen LogP contribution in [0.15, 0.2) is 89.8 Å². The van der Waals surface area contributed by atoms with Crippen LogP contribution in [-0.4, -0.2) is 61.1 Å². The molecule has 2 aliphatic heterocycles. The van der Waals surface area contributed by atoms with Crippen LogP contribution in [-0.2, 0) is 10.0 Å². The lowest BCUT2D eigenvalue weighted by Gasteiger charge is -2.57. The molecular formula is C29H30N2O3S. The van der Waals surface area contributed by atoms with Crippen LogP contribution < -0.4 is 0 Å². The third-order valence-corrected chi connectivity index (χ3v) is 9.01. The minimum atomic E-state index is -3.57. The van der Waals surface area contributed by atoms with Crippen molar-refractivity contribution in [2.75, 3.05) is 26.2 Å². The maximum atomic E-state index is 13.4. The number of nitrogens with zero attached hydrogens (tertiary/aromatic N) is 2. The highest BCUT2D eigenvalue weighted by molar-refractivity contribution is 7.89. The first kappa shape index (κ1) is 23.8. The number of sulfonamides is 1. The van der Waals surface area contributed by atoms with E-state index in [-0.39, 0.29) is 24.6 Å². The molecule has 2 heterocycles. The zero-order chi connectivity index (χ0) is 24.3. The Morgan fingerprint density at radius 1 is 0.800 bits per heavy atom. The van der Waals surface area contributed by atoms with Crippen molar-refractivity contribution >= 4 is 10.0 Å². The van der Waals surface area contributed by atoms with Gasteiger partial charge in [0, 0.05) is 42.2 Å². The van der Waals surface area contributed by atoms with Crippen molar-refractivity contribution in [2.45, 2.75) is 35.7 Å². The Morgan fingerprint density at radius 3 is 2.06 bits per heavy atom. The van der Waals surface area contributed by atoms with Crippen LogP contribution >= 0.6 is 0 Å². The lowest BCUT2D eigenvalue weighted by Crippen LogP contribution is -2.67. The molecule has 1 N–H and O–H groups in total. The van der Waals surface area contributed by atoms with E-state index in [0.29, 0.717) is 18.0 Å². The van der Waals surface area contributed by atoms with Gasteiger partial charge in [0.25, 0.3) is 0 Å². The number of fused-ring (bicyclic) bond motifs is 1. The molecular weight excluding hydrogens is 456 g/mol. The van der Waals surface area contributed by atoms with Gasteiger partial charge in [-0.3, -0.25) is 4.90 Å². The molecule has 0 bridgehead atoms. The van der Waals surface area contributed by atoms with E-state index in [1.165, 1.54) is 0 Å². The summed E-state index contributed by atoms with van der Waals surface area (Å²) in [6.07, 6.45) is 1.72. The Hall–Kier alpha value is -2.95. The molecule has 6 heteroatoms. The fraction of sp³-hybridized carbons (Fsp3) is 0.310. The molecule has 35 heavy (non-hydrogen) atoms. The predicted molar refractivity (Wildman–Crippen MR) is 137 cm³/mol. The molecule has 0 saturated carbocycles. The van der Waals surface area contributed by atoms with Gasteiger partial charge in [0.15, 0.2) is 0 Å². The number of aliphatic hydroxyl groups is 1. The second kappa shape index (κ2) is 10.3. The standard InChI is InChI=1S/C29H30N2O3S/c32-22-28-29(25-17-15-24(16-18-25)14-13-23-9-3-1-4-10-23)27-21-30(19-7-8-20-31(27)28)35(33,34)26-11-5-2-6-12-26/h1-6,9-12,15-18,27-29,32H,7-8,19-22H2/t27-,28+,29+/m0/s1. The van der Waals surface area contributed by atoms with Gasteiger partial charge in [-0.05, 0) is 61.3 Å². The third-order valence-electron chi connectivity index (χ3n) is 7.13. The molecule has 0 radical (unpaired) electrons. The van der Waals surface area contributed by atoms with E-state index in [1.54, 1.807) is 28.6 Å². The Labute approximate surface area is 208 Å². The summed E-state index contributed by atoms with van der Waals surface area (Å²) in [5.41, 5.74) is 3.02. The Morgan fingerprint density at radius 2 is 1.40 bits per heavy atom. The van der Waals surface area contributed by atoms with E-state index in [4.69, 9.17) is 0 Å². The first-order valence-corrected chi connectivity index (χ1v) is 13.6. The molecule has 2 fully saturated rings. The summed E-state index contributed by atoms with van der Waals surface area (Å²) in [4.78, 5) is 2.63. The molecule has 0 aliphatic carbocycles. The SMILES string of the molecule is O=S(=O)(c1ccccc1)N1CCCCN2[C@H](CO)[C@H](c3ccc(C#Cc4ccccc4)cc3)[C@@H]2C1. The van der Waals surface area contributed by atoms with E-state index in [2.05, 4.69) is 28.9 Å². The molecule has 0 amide bonds. The van der Waals surface area contributed by atoms with Gasteiger partial charge >= 0.3 is 0 Å². The van der Waals surface area contributed by atoms with Gasteiger partial charge in [0.1, 0.15) is 0 Å². The van der Waals surface area contributed by atoms with Gasteiger partial charge in [0.2, 0.25) is 10.0 Å². The molecule has 5 nitrogen and oxygen atoms in total. The molecule has 0 spiro atoms. The third kappa shape index (κ3) is 4.91. The number of aliphatic hydroxyl groups excluding tert-OH is 1. The van der Waals surface area contributed by atoms with Gasteiger partial charge in [-0.15, -0.1) is 0 Å². The summed E-state index contributed by atoms with van der Waals surface area (Å²) < 4.78 is 28.4. The van der Waals surface area contributed by atoms with Crippen molar-refractivity contribution in [1.29, 1.82) is 0 Å². The zero-order valence-corrected chi connectivity index (χ0v) is 20.4. The van der Waals surface area contributed by atoms with Crippen molar-refractivity contribution in [1.82, 2.24) is 9.21 Å². The van der Waals surface area contributed by atoms with Gasteiger partial charge in [-0.1, -0.05) is 60.4 Å². The summed E-state index contributed by atoms with van der Waals surface area (Å²) in [6.45, 7) is 1.88. The molecule has 3 aromatic rings. The quantitative estimate of drug-likeness (QED) is 0.572. The van der Waals surface area contributed by atoms with Crippen LogP contribution in [0, 0.1) is 11.8 Å². The fourth-order valence-electron chi connectivity index (χ4n) is 5.32. The van der Waals surface area contributed by atoms with Crippen LogP contribution in [0.1, 0.15) is 35.4 Å². The summed E-state index contributed by atoms with van der Waals surface area (Å²) in [7, 11) is -3.57. The van der Waals surface area contributed by atoms with Crippen molar-refractivity contribution in [3.8, 4) is 11.8 Å². The smallest absolute Gasteiger partial charge is 0.243 e. The zero-order valence-electron chi connectivity index (χ0n) is 19.6. The molecule has 2 saturated heterocycles. The lowest BCUT2D eigenvalue weighted by molar-refractivity contribution is -0.0553. The molecule has 180 valence electrons. The molecule has 2 aliphatic rings. The summed E-state index contributed by atoms with van der Waals surface area (Å²) in [5, 5.41) is 10.2. The van der Waals surface area contributed by atoms with Gasteiger partial charge < -0.3 is 5.11 Å². The highest BCUT2D eigenvalue weighted by Gasteiger charge is 2.50. The average molecular weight is 487 g/mol. The van der Waals surface area contributed by atoms with E-state index in [1.807, 2.05) is 48.5 Å². The molecule has 3 atom stereocenters. The maximum absolute atomic E-state index is 13.4. The molecule has 0 aromatic heterocycles. The van der Waals surface area contributed by atoms with Gasteiger partial charge in [-0.2, -0.15) is 4.31 Å². The predicted octanol–water partition coefficient (Wildman–Crippen LogP) is 3.70. The highest BCUT2D eigenvalue weighted by atomic mass is 32.2. The molecule has 5 rings (SSSR count). The van der Waals surface area contributed by atoms with E-state index in [0.717, 1.165) is 36.1 Å². The second-order valence-corrected chi connectivity index (χ2v) is 11.1. The lowest BCUT2D eigenvalue weighted by atomic mass is 9.74. The normalized spacial score (nSPS) is 23.2. The topological polar surface area (TPSA) is 60.9 Å². The minimum Gasteiger partial charge on any atom is -0.395 e. The van der Waals surface area contributed by atoms with Crippen molar-refractivity contribution in [2.24, 2.45) is 0 Å². The molecule has 3 aromatic carbocycles. The van der Waals surface area contributed by atoms with E-state index < -0.39 is 10.0 Å². The van der Waals surface area contributed by atoms with Crippen LogP contribution in [0.25, 0.3) is 0 Å². The molecule has 0 unspecified atom stereocenters. The number of hydrogen-bond donors (Lipinski definition) is 1. The Balaban J connectivity index is 1.38. The first-order chi connectivity index (χ1) is 17.1. The number of benzene rings is 3. The second-order valence-electron chi connectivity index (χ2n) is 9.20. The maximum Gasteiger partial charge on any atom is 0.243 e. The average Bonchev–Trinajstić information content (AvgIpc) is 2.88. The largest absolute Gasteiger partial charge is 0.395 e. The van der Waals surface area contributed by atoms with Gasteiger partial charge in [-0.25, -0.2) is 8.42 Å². The van der Waals surface area contributed by atoms with E-state index in [9.17, 15) is 13.5 Å². The van der Waals surface area contributed by atoms with Gasteiger partial charge in [0.05, 0.1) is 11.5 Å². The van der Waals surface area contributed by atoms with Crippen LogP contribution in [0.2, 0.25) is 0 Å².